The van der Waals surface area contributed by atoms with E-state index < -0.39 is 16.6 Å². The zero-order chi connectivity index (χ0) is 11.4. The summed E-state index contributed by atoms with van der Waals surface area (Å²) < 4.78 is -0.0610. The van der Waals surface area contributed by atoms with Gasteiger partial charge in [-0.15, -0.1) is 0 Å². The van der Waals surface area contributed by atoms with Gasteiger partial charge >= 0.3 is 93.5 Å². The van der Waals surface area contributed by atoms with Gasteiger partial charge < -0.3 is 0 Å². The molecule has 0 spiro atoms. The van der Waals surface area contributed by atoms with Crippen LogP contribution in [0.2, 0.25) is 4.73 Å². The molecule has 0 aromatic heterocycles. The normalized spacial score (nSPS) is 11.1. The third kappa shape index (κ3) is 2.78. The first-order valence-corrected chi connectivity index (χ1v) is 8.61. The van der Waals surface area contributed by atoms with E-state index in [1.54, 1.807) is 0 Å². The predicted octanol–water partition coefficient (Wildman–Crippen LogP) is 1.52. The minimum absolute atomic E-state index is 0.174. The zero-order valence-corrected chi connectivity index (χ0v) is 11.2. The van der Waals surface area contributed by atoms with Crippen molar-refractivity contribution in [3.63, 3.8) is 0 Å². The molecular weight excluding hydrogens is 236 g/mol. The zero-order valence-electron chi connectivity index (χ0n) is 8.79. The van der Waals surface area contributed by atoms with Crippen LogP contribution in [0.3, 0.4) is 0 Å². The molecule has 0 saturated heterocycles. The van der Waals surface area contributed by atoms with Crippen LogP contribution in [-0.4, -0.2) is 18.0 Å². The Morgan fingerprint density at radius 3 is 1.57 bits per heavy atom. The Hall–Kier alpha value is 0.0743. The fraction of sp³-hybridized carbons (Fsp3) is 0.667. The van der Waals surface area contributed by atoms with Gasteiger partial charge in [-0.05, 0) is 0 Å². The van der Waals surface area contributed by atoms with Gasteiger partial charge in [-0.2, -0.15) is 0 Å². The average molecular weight is 252 g/mol. The molecule has 0 aromatic rings. The fourth-order valence-electron chi connectivity index (χ4n) is 1.62. The number of carbonyl (C=O) groups excluding carboxylic acids is 3. The summed E-state index contributed by atoms with van der Waals surface area (Å²) in [6.45, 7) is 4.13. The van der Waals surface area contributed by atoms with Gasteiger partial charge in [-0.1, -0.05) is 0 Å². The maximum absolute atomic E-state index is 11.5. The second-order valence-electron chi connectivity index (χ2n) is 3.40. The third-order valence-electron chi connectivity index (χ3n) is 2.51. The molecule has 0 aliphatic heterocycles. The third-order valence-corrected chi connectivity index (χ3v) is 10.2. The van der Waals surface area contributed by atoms with Crippen molar-refractivity contribution >= 4 is 24.9 Å². The first-order valence-electron chi connectivity index (χ1n) is 4.53. The summed E-state index contributed by atoms with van der Waals surface area (Å²) in [7, 11) is 0. The van der Waals surface area contributed by atoms with E-state index in [0.29, 0.717) is 16.9 Å². The van der Waals surface area contributed by atoms with E-state index in [-0.39, 0.29) is 12.3 Å². The Kier molecular flexibility index (Phi) is 5.87. The van der Waals surface area contributed by atoms with Crippen molar-refractivity contribution in [3.8, 4) is 0 Å². The molecule has 0 aromatic carbocycles. The summed E-state index contributed by atoms with van der Waals surface area (Å²) in [5.41, 5.74) is 0. The second kappa shape index (κ2) is 5.83. The van der Waals surface area contributed by atoms with Crippen LogP contribution in [0.4, 0.5) is 0 Å². The molecule has 0 heterocycles. The quantitative estimate of drug-likeness (QED) is 0.576. The van der Waals surface area contributed by atoms with E-state index in [1.807, 2.05) is 0 Å². The van der Waals surface area contributed by atoms with Gasteiger partial charge in [0, 0.05) is 0 Å². The summed E-state index contributed by atoms with van der Waals surface area (Å²) >= 11 is 0.460. The van der Waals surface area contributed by atoms with Crippen LogP contribution >= 0.6 is 12.6 Å². The Balaban J connectivity index is 5.06. The van der Waals surface area contributed by atoms with Crippen molar-refractivity contribution in [2.75, 3.05) is 5.75 Å². The number of hydrogen-bond acceptors (Lipinski definition) is 4. The maximum atomic E-state index is 11.5. The molecule has 0 amide bonds. The first-order chi connectivity index (χ1) is 6.39. The Labute approximate surface area is 93.4 Å². The predicted molar refractivity (Wildman–Crippen MR) is 55.3 cm³/mol. The molecule has 0 N–H and O–H groups in total. The second-order valence-corrected chi connectivity index (χ2v) is 10.8. The van der Waals surface area contributed by atoms with E-state index in [4.69, 9.17) is 0 Å². The topological polar surface area (TPSA) is 51.2 Å². The van der Waals surface area contributed by atoms with Crippen molar-refractivity contribution in [1.29, 1.82) is 0 Å². The van der Waals surface area contributed by atoms with Gasteiger partial charge in [0.1, 0.15) is 0 Å². The number of thiol groups is 1. The molecule has 0 bridgehead atoms. The standard InChI is InChI=1S/C3H7S.3C2H3O.Ti/c1-2-3-4;3*1-2-3;/h4H,1-3H2;3*1H3;. The molecule has 0 saturated carbocycles. The minimum atomic E-state index is -3.57. The van der Waals surface area contributed by atoms with Crippen molar-refractivity contribution < 1.29 is 31.0 Å². The molecule has 0 radical (unpaired) electrons. The van der Waals surface area contributed by atoms with Crippen LogP contribution < -0.4 is 0 Å². The Morgan fingerprint density at radius 1 is 1.00 bits per heavy atom. The molecule has 0 unspecified atom stereocenters. The number of carbonyl (C=O) groups is 3. The molecule has 0 aliphatic rings. The van der Waals surface area contributed by atoms with Crippen LogP contribution in [0.1, 0.15) is 27.2 Å². The van der Waals surface area contributed by atoms with Gasteiger partial charge in [0.2, 0.25) is 0 Å². The van der Waals surface area contributed by atoms with Crippen LogP contribution in [0.5, 0.6) is 0 Å². The molecule has 0 fully saturated rings. The van der Waals surface area contributed by atoms with Gasteiger partial charge in [-0.25, -0.2) is 0 Å². The van der Waals surface area contributed by atoms with Gasteiger partial charge in [0.25, 0.3) is 0 Å². The van der Waals surface area contributed by atoms with Crippen molar-refractivity contribution in [1.82, 2.24) is 0 Å². The van der Waals surface area contributed by atoms with Crippen molar-refractivity contribution in [2.24, 2.45) is 0 Å². The summed E-state index contributed by atoms with van der Waals surface area (Å²) in [5.74, 6) is 0.612. The molecular formula is C9H16O3STi. The molecule has 14 heavy (non-hydrogen) atoms. The van der Waals surface area contributed by atoms with Crippen molar-refractivity contribution in [2.45, 2.75) is 31.9 Å². The number of rotatable bonds is 6. The van der Waals surface area contributed by atoms with Crippen LogP contribution in [-0.2, 0) is 31.0 Å². The van der Waals surface area contributed by atoms with Gasteiger partial charge in [-0.3, -0.25) is 0 Å². The molecule has 80 valence electrons. The Morgan fingerprint density at radius 2 is 1.36 bits per heavy atom. The average Bonchev–Trinajstić information content (AvgIpc) is 2.03. The molecule has 5 heteroatoms. The summed E-state index contributed by atoms with van der Waals surface area (Å²) in [4.78, 5) is 34.4. The van der Waals surface area contributed by atoms with E-state index in [9.17, 15) is 14.4 Å². The summed E-state index contributed by atoms with van der Waals surface area (Å²) in [6, 6.07) is 0. The van der Waals surface area contributed by atoms with Gasteiger partial charge in [0.15, 0.2) is 0 Å². The first kappa shape index (κ1) is 14.1. The fourth-order valence-corrected chi connectivity index (χ4v) is 7.31. The Bertz CT molecular complexity index is 227. The van der Waals surface area contributed by atoms with E-state index in [1.165, 1.54) is 20.8 Å². The van der Waals surface area contributed by atoms with Crippen molar-refractivity contribution in [3.05, 3.63) is 0 Å². The monoisotopic (exact) mass is 252 g/mol. The van der Waals surface area contributed by atoms with E-state index in [2.05, 4.69) is 12.6 Å². The summed E-state index contributed by atoms with van der Waals surface area (Å²) in [5, 5.41) is 0. The molecule has 0 atom stereocenters. The van der Waals surface area contributed by atoms with E-state index in [0.717, 1.165) is 0 Å². The van der Waals surface area contributed by atoms with E-state index >= 15 is 0 Å². The molecule has 0 rings (SSSR count). The SMILES string of the molecule is C[C](=O)[Ti]([CH2]CCS)([C](C)=O)[C](C)=O. The van der Waals surface area contributed by atoms with Crippen LogP contribution in [0.15, 0.2) is 0 Å². The molecule has 0 aliphatic carbocycles. The van der Waals surface area contributed by atoms with Crippen LogP contribution in [0.25, 0.3) is 0 Å². The number of hydrogen-bond donors (Lipinski definition) is 1. The summed E-state index contributed by atoms with van der Waals surface area (Å²) in [6.07, 6.45) is 0.669. The van der Waals surface area contributed by atoms with Crippen LogP contribution in [0, 0.1) is 0 Å². The van der Waals surface area contributed by atoms with Gasteiger partial charge in [0.05, 0.1) is 0 Å². The molecule has 3 nitrogen and oxygen atoms in total.